The molecular weight excluding hydrogens is 585 g/mol. The van der Waals surface area contributed by atoms with Gasteiger partial charge in [0.15, 0.2) is 0 Å². The molecule has 2 aromatic carbocycles. The molecule has 1 saturated heterocycles. The van der Waals surface area contributed by atoms with Gasteiger partial charge >= 0.3 is 18.4 Å². The molecule has 45 heavy (non-hydrogen) atoms. The smallest absolute Gasteiger partial charge is 0.416 e. The molecule has 2 aromatic rings. The van der Waals surface area contributed by atoms with Crippen LogP contribution in [0.15, 0.2) is 42.0 Å². The SMILES string of the molecule is CCN(C(=O)OC(C)(C)C)c1ccc(OC)c(C2=C(CN3C(=O)O[C@H](c4cc(C)cc(C(F)(F)F)c4)[C@@H]3C)CC(C)(C)CC2)c1. The Morgan fingerprint density at radius 1 is 1.13 bits per heavy atom. The predicted molar refractivity (Wildman–Crippen MR) is 168 cm³/mol. The van der Waals surface area contributed by atoms with Crippen LogP contribution in [0.25, 0.3) is 5.57 Å². The van der Waals surface area contributed by atoms with Crippen LogP contribution in [0, 0.1) is 12.3 Å². The van der Waals surface area contributed by atoms with Gasteiger partial charge in [0.25, 0.3) is 0 Å². The molecule has 2 amide bonds. The maximum absolute atomic E-state index is 13.6. The summed E-state index contributed by atoms with van der Waals surface area (Å²) in [7, 11) is 1.60. The van der Waals surface area contributed by atoms with Gasteiger partial charge in [-0.2, -0.15) is 13.2 Å². The second kappa shape index (κ2) is 12.6. The topological polar surface area (TPSA) is 68.3 Å². The number of carbonyl (C=O) groups excluding carboxylic acids is 2. The number of nitrogens with zero attached hydrogens (tertiary/aromatic N) is 2. The summed E-state index contributed by atoms with van der Waals surface area (Å²) >= 11 is 0. The van der Waals surface area contributed by atoms with Gasteiger partial charge < -0.3 is 14.2 Å². The highest BCUT2D eigenvalue weighted by Crippen LogP contribution is 2.47. The highest BCUT2D eigenvalue weighted by molar-refractivity contribution is 5.89. The zero-order chi connectivity index (χ0) is 33.5. The fourth-order valence-corrected chi connectivity index (χ4v) is 6.23. The number of amides is 2. The van der Waals surface area contributed by atoms with Crippen molar-refractivity contribution in [2.24, 2.45) is 5.41 Å². The van der Waals surface area contributed by atoms with Crippen molar-refractivity contribution in [3.63, 3.8) is 0 Å². The lowest BCUT2D eigenvalue weighted by Gasteiger charge is -2.36. The average Bonchev–Trinajstić information content (AvgIpc) is 3.20. The summed E-state index contributed by atoms with van der Waals surface area (Å²) < 4.78 is 57.9. The molecule has 0 unspecified atom stereocenters. The zero-order valence-electron chi connectivity index (χ0n) is 27.7. The van der Waals surface area contributed by atoms with Gasteiger partial charge in [-0.05, 0) is 113 Å². The summed E-state index contributed by atoms with van der Waals surface area (Å²) in [4.78, 5) is 29.5. The van der Waals surface area contributed by atoms with Crippen LogP contribution in [0.4, 0.5) is 28.4 Å². The molecule has 1 aliphatic heterocycles. The van der Waals surface area contributed by atoms with Gasteiger partial charge in [-0.15, -0.1) is 0 Å². The van der Waals surface area contributed by atoms with Gasteiger partial charge in [0.1, 0.15) is 17.5 Å². The largest absolute Gasteiger partial charge is 0.496 e. The van der Waals surface area contributed by atoms with Crippen molar-refractivity contribution in [1.82, 2.24) is 4.90 Å². The van der Waals surface area contributed by atoms with Crippen LogP contribution in [0.3, 0.4) is 0 Å². The monoisotopic (exact) mass is 630 g/mol. The van der Waals surface area contributed by atoms with E-state index >= 15 is 0 Å². The van der Waals surface area contributed by atoms with E-state index < -0.39 is 41.7 Å². The van der Waals surface area contributed by atoms with Crippen molar-refractivity contribution < 1.29 is 37.0 Å². The Labute approximate surface area is 264 Å². The van der Waals surface area contributed by atoms with Crippen molar-refractivity contribution in [3.05, 3.63) is 64.2 Å². The van der Waals surface area contributed by atoms with Gasteiger partial charge in [0.05, 0.1) is 18.7 Å². The second-order valence-corrected chi connectivity index (χ2v) is 13.8. The Morgan fingerprint density at radius 3 is 2.42 bits per heavy atom. The fourth-order valence-electron chi connectivity index (χ4n) is 6.23. The van der Waals surface area contributed by atoms with E-state index in [1.807, 2.05) is 45.9 Å². The van der Waals surface area contributed by atoms with Crippen LogP contribution in [0.2, 0.25) is 0 Å². The maximum atomic E-state index is 13.6. The predicted octanol–water partition coefficient (Wildman–Crippen LogP) is 9.33. The number of ether oxygens (including phenoxy) is 3. The molecule has 0 aromatic heterocycles. The summed E-state index contributed by atoms with van der Waals surface area (Å²) in [6.45, 7) is 15.8. The van der Waals surface area contributed by atoms with Crippen LogP contribution in [-0.4, -0.2) is 48.9 Å². The molecule has 246 valence electrons. The van der Waals surface area contributed by atoms with E-state index in [0.29, 0.717) is 42.0 Å². The quantitative estimate of drug-likeness (QED) is 0.305. The Hall–Kier alpha value is -3.69. The normalized spacial score (nSPS) is 20.3. The average molecular weight is 631 g/mol. The summed E-state index contributed by atoms with van der Waals surface area (Å²) in [5.74, 6) is 0.639. The standard InChI is InChI=1S/C35H45F3N2O5/c1-10-39(32(42)45-33(4,5)6)26-11-12-29(43-9)28(18-26)27-13-14-34(7,8)19-24(27)20-40-22(3)30(44-31(40)41)23-15-21(2)16-25(17-23)35(36,37)38/h11-12,15-18,22,30H,10,13-14,19-20H2,1-9H3/t22-,30-/m0/s1. The van der Waals surface area contributed by atoms with E-state index in [2.05, 4.69) is 13.8 Å². The Bertz CT molecular complexity index is 1470. The van der Waals surface area contributed by atoms with Crippen molar-refractivity contribution in [2.45, 2.75) is 98.6 Å². The van der Waals surface area contributed by atoms with Crippen LogP contribution < -0.4 is 9.64 Å². The minimum Gasteiger partial charge on any atom is -0.496 e. The number of anilines is 1. The van der Waals surface area contributed by atoms with Crippen LogP contribution in [-0.2, 0) is 15.7 Å². The lowest BCUT2D eigenvalue weighted by molar-refractivity contribution is -0.137. The van der Waals surface area contributed by atoms with E-state index in [-0.39, 0.29) is 12.0 Å². The van der Waals surface area contributed by atoms with Crippen LogP contribution in [0.5, 0.6) is 5.75 Å². The number of allylic oxidation sites excluding steroid dienone is 1. The fraction of sp³-hybridized carbons (Fsp3) is 0.543. The third kappa shape index (κ3) is 7.76. The highest BCUT2D eigenvalue weighted by atomic mass is 19.4. The van der Waals surface area contributed by atoms with E-state index in [9.17, 15) is 22.8 Å². The number of aryl methyl sites for hydroxylation is 1. The van der Waals surface area contributed by atoms with Crippen molar-refractivity contribution in [2.75, 3.05) is 25.1 Å². The van der Waals surface area contributed by atoms with Crippen LogP contribution in [0.1, 0.15) is 96.1 Å². The van der Waals surface area contributed by atoms with Crippen molar-refractivity contribution >= 4 is 23.4 Å². The number of cyclic esters (lactones) is 1. The molecule has 1 heterocycles. The van der Waals surface area contributed by atoms with E-state index in [4.69, 9.17) is 14.2 Å². The molecule has 0 saturated carbocycles. The van der Waals surface area contributed by atoms with Gasteiger partial charge in [-0.3, -0.25) is 9.80 Å². The molecule has 7 nitrogen and oxygen atoms in total. The summed E-state index contributed by atoms with van der Waals surface area (Å²) in [6.07, 6.45) is -4.06. The first-order valence-corrected chi connectivity index (χ1v) is 15.4. The number of halogens is 3. The molecule has 2 aliphatic rings. The summed E-state index contributed by atoms with van der Waals surface area (Å²) in [5.41, 5.74) is 2.83. The minimum atomic E-state index is -4.51. The first kappa shape index (κ1) is 34.2. The highest BCUT2D eigenvalue weighted by Gasteiger charge is 2.42. The molecule has 1 fully saturated rings. The number of alkyl halides is 3. The van der Waals surface area contributed by atoms with Crippen molar-refractivity contribution in [1.29, 1.82) is 0 Å². The number of benzene rings is 2. The minimum absolute atomic E-state index is 0.0416. The number of hydrogen-bond donors (Lipinski definition) is 0. The molecular formula is C35H45F3N2O5. The van der Waals surface area contributed by atoms with Gasteiger partial charge in [-0.1, -0.05) is 25.5 Å². The zero-order valence-corrected chi connectivity index (χ0v) is 27.7. The van der Waals surface area contributed by atoms with E-state index in [0.717, 1.165) is 35.3 Å². The molecule has 0 N–H and O–H groups in total. The number of hydrogen-bond acceptors (Lipinski definition) is 5. The molecule has 0 spiro atoms. The van der Waals surface area contributed by atoms with Gasteiger partial charge in [0.2, 0.25) is 0 Å². The molecule has 1 aliphatic carbocycles. The first-order chi connectivity index (χ1) is 20.8. The summed E-state index contributed by atoms with van der Waals surface area (Å²) in [5, 5.41) is 0. The lowest BCUT2D eigenvalue weighted by Crippen LogP contribution is -2.37. The number of methoxy groups -OCH3 is 1. The molecule has 10 heteroatoms. The van der Waals surface area contributed by atoms with E-state index in [1.54, 1.807) is 36.8 Å². The Morgan fingerprint density at radius 2 is 1.82 bits per heavy atom. The molecule has 2 atom stereocenters. The Balaban J connectivity index is 1.73. The molecule has 0 radical (unpaired) electrons. The molecule has 4 rings (SSSR count). The van der Waals surface area contributed by atoms with Crippen molar-refractivity contribution in [3.8, 4) is 5.75 Å². The first-order valence-electron chi connectivity index (χ1n) is 15.4. The number of rotatable bonds is 7. The van der Waals surface area contributed by atoms with Gasteiger partial charge in [-0.25, -0.2) is 9.59 Å². The third-order valence-corrected chi connectivity index (χ3v) is 8.43. The lowest BCUT2D eigenvalue weighted by atomic mass is 9.72. The van der Waals surface area contributed by atoms with Gasteiger partial charge in [0, 0.05) is 24.3 Å². The third-order valence-electron chi connectivity index (χ3n) is 8.43. The number of carbonyl (C=O) groups is 2. The molecule has 0 bridgehead atoms. The second-order valence-electron chi connectivity index (χ2n) is 13.8. The Kier molecular flexibility index (Phi) is 9.57. The summed E-state index contributed by atoms with van der Waals surface area (Å²) in [6, 6.07) is 8.89. The van der Waals surface area contributed by atoms with E-state index in [1.165, 1.54) is 0 Å². The maximum Gasteiger partial charge on any atom is 0.416 e. The van der Waals surface area contributed by atoms with Crippen LogP contribution >= 0.6 is 0 Å².